The molecule has 22 heavy (non-hydrogen) atoms. The minimum atomic E-state index is -3.47. The quantitative estimate of drug-likeness (QED) is 0.873. The summed E-state index contributed by atoms with van der Waals surface area (Å²) in [7, 11) is -3.47. The first-order valence-corrected chi connectivity index (χ1v) is 9.01. The zero-order valence-corrected chi connectivity index (χ0v) is 13.7. The van der Waals surface area contributed by atoms with Crippen LogP contribution in [-0.2, 0) is 10.0 Å². The van der Waals surface area contributed by atoms with Crippen LogP contribution in [0.2, 0.25) is 0 Å². The molecule has 0 aliphatic carbocycles. The van der Waals surface area contributed by atoms with Gasteiger partial charge in [0.05, 0.1) is 18.1 Å². The fourth-order valence-electron chi connectivity index (χ4n) is 3.11. The molecule has 0 saturated carbocycles. The van der Waals surface area contributed by atoms with E-state index in [1.165, 1.54) is 6.20 Å². The Kier molecular flexibility index (Phi) is 4.06. The largest absolute Gasteiger partial charge is 0.246 e. The van der Waals surface area contributed by atoms with Crippen molar-refractivity contribution in [3.8, 4) is 5.69 Å². The van der Waals surface area contributed by atoms with Crippen LogP contribution in [0, 0.1) is 11.8 Å². The summed E-state index contributed by atoms with van der Waals surface area (Å²) in [5.74, 6) is 0.783. The van der Waals surface area contributed by atoms with Gasteiger partial charge in [-0.15, -0.1) is 0 Å². The fourth-order valence-corrected chi connectivity index (χ4v) is 4.73. The van der Waals surface area contributed by atoms with Crippen LogP contribution in [0.3, 0.4) is 0 Å². The molecule has 1 aromatic heterocycles. The predicted octanol–water partition coefficient (Wildman–Crippen LogP) is 2.54. The van der Waals surface area contributed by atoms with E-state index >= 15 is 0 Å². The Bertz CT molecular complexity index is 730. The van der Waals surface area contributed by atoms with Gasteiger partial charge in [-0.05, 0) is 30.4 Å². The molecule has 1 aliphatic rings. The smallest absolute Gasteiger partial charge is 0.240 e. The number of piperidine rings is 1. The normalized spacial score (nSPS) is 23.5. The average Bonchev–Trinajstić information content (AvgIpc) is 2.98. The maximum absolute atomic E-state index is 12.8. The van der Waals surface area contributed by atoms with Crippen molar-refractivity contribution < 1.29 is 8.42 Å². The second kappa shape index (κ2) is 5.85. The SMILES string of the molecule is CC1CC(C)CN(S(=O)(=O)c2cnn(-c3ccccc3)c2)C1. The Hall–Kier alpha value is -1.66. The van der Waals surface area contributed by atoms with Crippen molar-refractivity contribution in [3.63, 3.8) is 0 Å². The first-order chi connectivity index (χ1) is 10.5. The number of rotatable bonds is 3. The molecule has 6 heteroatoms. The van der Waals surface area contributed by atoms with E-state index in [1.807, 2.05) is 30.3 Å². The van der Waals surface area contributed by atoms with Crippen molar-refractivity contribution in [2.24, 2.45) is 11.8 Å². The second-order valence-electron chi connectivity index (χ2n) is 6.22. The van der Waals surface area contributed by atoms with Crippen molar-refractivity contribution in [2.45, 2.75) is 25.2 Å². The van der Waals surface area contributed by atoms with E-state index in [9.17, 15) is 8.42 Å². The molecule has 0 spiro atoms. The Morgan fingerprint density at radius 3 is 2.36 bits per heavy atom. The average molecular weight is 319 g/mol. The summed E-state index contributed by atoms with van der Waals surface area (Å²) < 4.78 is 28.8. The molecule has 1 fully saturated rings. The van der Waals surface area contributed by atoms with Gasteiger partial charge in [-0.2, -0.15) is 9.40 Å². The first-order valence-electron chi connectivity index (χ1n) is 7.57. The third-order valence-corrected chi connectivity index (χ3v) is 5.84. The summed E-state index contributed by atoms with van der Waals surface area (Å²) in [5.41, 5.74) is 0.851. The van der Waals surface area contributed by atoms with E-state index in [4.69, 9.17) is 0 Å². The fraction of sp³-hybridized carbons (Fsp3) is 0.438. The predicted molar refractivity (Wildman–Crippen MR) is 85.3 cm³/mol. The molecule has 3 rings (SSSR count). The van der Waals surface area contributed by atoms with Crippen molar-refractivity contribution in [2.75, 3.05) is 13.1 Å². The summed E-state index contributed by atoms with van der Waals surface area (Å²) in [4.78, 5) is 0.262. The van der Waals surface area contributed by atoms with E-state index in [2.05, 4.69) is 18.9 Å². The van der Waals surface area contributed by atoms with Crippen LogP contribution in [-0.4, -0.2) is 35.6 Å². The molecule has 0 radical (unpaired) electrons. The highest BCUT2D eigenvalue weighted by molar-refractivity contribution is 7.89. The van der Waals surface area contributed by atoms with Gasteiger partial charge in [0.25, 0.3) is 0 Å². The third-order valence-electron chi connectivity index (χ3n) is 4.05. The standard InChI is InChI=1S/C16H21N3O2S/c1-13-8-14(2)11-18(10-13)22(20,21)16-9-17-19(12-16)15-6-4-3-5-7-15/h3-7,9,12-14H,8,10-11H2,1-2H3. The molecule has 1 aliphatic heterocycles. The molecule has 118 valence electrons. The maximum atomic E-state index is 12.8. The number of aromatic nitrogens is 2. The van der Waals surface area contributed by atoms with Crippen LogP contribution in [0.25, 0.3) is 5.69 Å². The molecule has 0 bridgehead atoms. The summed E-state index contributed by atoms with van der Waals surface area (Å²) in [5, 5.41) is 4.20. The van der Waals surface area contributed by atoms with Crippen LogP contribution in [0.4, 0.5) is 0 Å². The molecule has 2 atom stereocenters. The monoisotopic (exact) mass is 319 g/mol. The Morgan fingerprint density at radius 1 is 1.09 bits per heavy atom. The van der Waals surface area contributed by atoms with Crippen molar-refractivity contribution >= 4 is 10.0 Å². The minimum absolute atomic E-state index is 0.262. The summed E-state index contributed by atoms with van der Waals surface area (Å²) in [6.07, 6.45) is 4.11. The van der Waals surface area contributed by atoms with E-state index < -0.39 is 10.0 Å². The van der Waals surface area contributed by atoms with Crippen LogP contribution in [0.15, 0.2) is 47.6 Å². The Morgan fingerprint density at radius 2 is 1.73 bits per heavy atom. The lowest BCUT2D eigenvalue weighted by Crippen LogP contribution is -2.42. The molecule has 5 nitrogen and oxygen atoms in total. The van der Waals surface area contributed by atoms with Crippen molar-refractivity contribution in [1.82, 2.24) is 14.1 Å². The molecule has 2 aromatic rings. The molecular formula is C16H21N3O2S. The Balaban J connectivity index is 1.89. The van der Waals surface area contributed by atoms with Crippen LogP contribution >= 0.6 is 0 Å². The van der Waals surface area contributed by atoms with Gasteiger partial charge < -0.3 is 0 Å². The summed E-state index contributed by atoms with van der Waals surface area (Å²) in [6.45, 7) is 5.38. The van der Waals surface area contributed by atoms with Crippen LogP contribution in [0.1, 0.15) is 20.3 Å². The number of nitrogens with zero attached hydrogens (tertiary/aromatic N) is 3. The van der Waals surface area contributed by atoms with Gasteiger partial charge in [-0.25, -0.2) is 13.1 Å². The highest BCUT2D eigenvalue weighted by Gasteiger charge is 2.32. The number of hydrogen-bond acceptors (Lipinski definition) is 3. The van der Waals surface area contributed by atoms with Crippen molar-refractivity contribution in [3.05, 3.63) is 42.7 Å². The highest BCUT2D eigenvalue weighted by atomic mass is 32.2. The highest BCUT2D eigenvalue weighted by Crippen LogP contribution is 2.26. The lowest BCUT2D eigenvalue weighted by molar-refractivity contribution is 0.222. The molecule has 1 aromatic carbocycles. The number of sulfonamides is 1. The molecule has 0 amide bonds. The van der Waals surface area contributed by atoms with Crippen LogP contribution in [0.5, 0.6) is 0 Å². The van der Waals surface area contributed by atoms with Gasteiger partial charge in [-0.1, -0.05) is 32.0 Å². The Labute approximate surface area is 131 Å². The maximum Gasteiger partial charge on any atom is 0.246 e. The number of benzene rings is 1. The summed E-state index contributed by atoms with van der Waals surface area (Å²) >= 11 is 0. The first kappa shape index (κ1) is 15.2. The molecule has 2 unspecified atom stereocenters. The molecular weight excluding hydrogens is 298 g/mol. The van der Waals surface area contributed by atoms with Gasteiger partial charge in [0, 0.05) is 13.1 Å². The lowest BCUT2D eigenvalue weighted by Gasteiger charge is -2.33. The summed E-state index contributed by atoms with van der Waals surface area (Å²) in [6, 6.07) is 9.52. The van der Waals surface area contributed by atoms with Crippen molar-refractivity contribution in [1.29, 1.82) is 0 Å². The molecule has 1 saturated heterocycles. The number of para-hydroxylation sites is 1. The minimum Gasteiger partial charge on any atom is -0.240 e. The lowest BCUT2D eigenvalue weighted by atomic mass is 9.94. The van der Waals surface area contributed by atoms with E-state index in [0.29, 0.717) is 24.9 Å². The van der Waals surface area contributed by atoms with Gasteiger partial charge in [0.1, 0.15) is 4.90 Å². The van der Waals surface area contributed by atoms with E-state index in [1.54, 1.807) is 15.2 Å². The van der Waals surface area contributed by atoms with Gasteiger partial charge in [0.2, 0.25) is 10.0 Å². The molecule has 2 heterocycles. The third kappa shape index (κ3) is 2.94. The molecule has 0 N–H and O–H groups in total. The van der Waals surface area contributed by atoms with E-state index in [-0.39, 0.29) is 4.90 Å². The zero-order chi connectivity index (χ0) is 15.7. The van der Waals surface area contributed by atoms with E-state index in [0.717, 1.165) is 12.1 Å². The van der Waals surface area contributed by atoms with Gasteiger partial charge in [-0.3, -0.25) is 0 Å². The van der Waals surface area contributed by atoms with Crippen LogP contribution < -0.4 is 0 Å². The topological polar surface area (TPSA) is 55.2 Å². The van der Waals surface area contributed by atoms with Gasteiger partial charge in [0.15, 0.2) is 0 Å². The van der Waals surface area contributed by atoms with Gasteiger partial charge >= 0.3 is 0 Å². The second-order valence-corrected chi connectivity index (χ2v) is 8.16. The number of hydrogen-bond donors (Lipinski definition) is 0. The zero-order valence-electron chi connectivity index (χ0n) is 12.9.